The Kier molecular flexibility index (Phi) is 43.5. The molecule has 0 spiro atoms. The summed E-state index contributed by atoms with van der Waals surface area (Å²) in [5, 5.41) is 0. The highest BCUT2D eigenvalue weighted by Crippen LogP contribution is 2.52. The molecule has 0 aliphatic rings. The number of nitrogen functional groups attached to an aromatic ring is 4. The number of nitrogens with zero attached hydrogens (tertiary/aromatic N) is 12. The number of hydrogen-bond donors (Lipinski definition) is 8. The molecule has 0 fully saturated rings. The number of anilines is 4. The molecule has 150 heavy (non-hydrogen) atoms. The molecule has 0 radical (unpaired) electrons. The van der Waals surface area contributed by atoms with Crippen LogP contribution in [-0.4, -0.2) is 202 Å². The molecule has 61 heteroatoms. The predicted molar refractivity (Wildman–Crippen MR) is 537 cm³/mol. The molecule has 8 heterocycles. The first-order chi connectivity index (χ1) is 71.6. The second-order valence-electron chi connectivity index (χ2n) is 31.4. The first-order valence-electron chi connectivity index (χ1n) is 44.2. The first-order valence-corrected chi connectivity index (χ1v) is 52.7. The average molecular weight is 2300 g/mol. The van der Waals surface area contributed by atoms with Gasteiger partial charge in [-0.1, -0.05) is 104 Å². The minimum absolute atomic E-state index is 0.00591. The van der Waals surface area contributed by atoms with Gasteiger partial charge >= 0.3 is 55.0 Å². The van der Waals surface area contributed by atoms with Crippen molar-refractivity contribution in [2.24, 2.45) is 0 Å². The Morgan fingerprint density at radius 1 is 0.387 bits per heavy atom. The third-order valence-electron chi connectivity index (χ3n) is 19.8. The number of halogens is 4. The maximum Gasteiger partial charge on any atom is 0.515 e. The van der Waals surface area contributed by atoms with E-state index in [-0.39, 0.29) is 159 Å². The van der Waals surface area contributed by atoms with E-state index >= 15 is 0 Å². The number of fused-ring (bicyclic) bond motifs is 4. The van der Waals surface area contributed by atoms with E-state index in [2.05, 4.69) is 101 Å². The summed E-state index contributed by atoms with van der Waals surface area (Å²) in [6.45, 7) is 7.67. The maximum atomic E-state index is 13.8. The predicted octanol–water partition coefficient (Wildman–Crippen LogP) is 14.1. The van der Waals surface area contributed by atoms with Crippen LogP contribution in [0, 0.1) is 39.3 Å². The van der Waals surface area contributed by atoms with Crippen LogP contribution in [0.4, 0.5) is 51.8 Å². The molecule has 12 N–H and O–H groups in total. The van der Waals surface area contributed by atoms with Gasteiger partial charge in [-0.25, -0.2) is 47.9 Å². The summed E-state index contributed by atoms with van der Waals surface area (Å²) in [6.07, 6.45) is -0.883. The number of nitrogens with one attached hydrogen (secondary N) is 4. The van der Waals surface area contributed by atoms with Gasteiger partial charge in [0.1, 0.15) is 54.3 Å². The summed E-state index contributed by atoms with van der Waals surface area (Å²) >= 11 is 6.75. The number of carbonyl (C=O) groups excluding carboxylic acids is 4. The fraction of sp³-hybridized carbons (Fsp3) is 0.326. The summed E-state index contributed by atoms with van der Waals surface area (Å²) in [5.41, 5.74) is 27.1. The Hall–Kier alpha value is -13.9. The number of ether oxygens (including phenoxy) is 13. The fourth-order valence-corrected chi connectivity index (χ4v) is 17.8. The second kappa shape index (κ2) is 56.1. The molecule has 0 aliphatic carbocycles. The number of aromatic nitrogens is 16. The topological polar surface area (TPSA) is 689 Å². The minimum atomic E-state index is -3.97. The van der Waals surface area contributed by atoms with Crippen molar-refractivity contribution in [2.75, 3.05) is 116 Å². The lowest BCUT2D eigenvalue weighted by atomic mass is 10.1. The highest BCUT2D eigenvalue weighted by atomic mass is 79.9. The van der Waals surface area contributed by atoms with Crippen LogP contribution in [0.5, 0.6) is 17.2 Å². The zero-order chi connectivity index (χ0) is 108. The van der Waals surface area contributed by atoms with Gasteiger partial charge in [0.2, 0.25) is 51.0 Å². The molecule has 0 bridgehead atoms. The molecule has 4 atom stereocenters. The summed E-state index contributed by atoms with van der Waals surface area (Å²) in [6, 6.07) is 34.9. The normalized spacial score (nSPS) is 12.9. The Balaban J connectivity index is 0.000000190. The number of rotatable bonds is 48. The van der Waals surface area contributed by atoms with Crippen LogP contribution >= 0.6 is 62.2 Å². The molecule has 14 rings (SSSR count). The molecule has 53 nitrogen and oxygen atoms in total. The van der Waals surface area contributed by atoms with E-state index in [1.54, 1.807) is 134 Å². The lowest BCUT2D eigenvalue weighted by Crippen LogP contribution is -2.16. The lowest BCUT2D eigenvalue weighted by molar-refractivity contribution is -0.0166. The van der Waals surface area contributed by atoms with Gasteiger partial charge < -0.3 is 121 Å². The van der Waals surface area contributed by atoms with Crippen LogP contribution in [0.25, 0.3) is 44.7 Å². The molecular weight excluding hydrogens is 2200 g/mol. The largest absolute Gasteiger partial charge is 0.515 e. The number of carbonyl (C=O) groups is 4. The van der Waals surface area contributed by atoms with Gasteiger partial charge in [0.05, 0.1) is 98.5 Å². The Labute approximate surface area is 865 Å². The quantitative estimate of drug-likeness (QED) is 0.00438. The van der Waals surface area contributed by atoms with Crippen LogP contribution in [0.15, 0.2) is 181 Å². The third kappa shape index (κ3) is 36.5. The SMILES string of the molecule is COC(=O)OCOP(=O)(COCCn1cnc2c(=O)[nH]c(N)nc21)OCc1ccc(C)c(F)c1.COc1cc(OC(=O)OCOP(=O)(COCCn2cnc3c(=O)[nH]c(N)nc32)OCc2cccc(Br)c2)ccc1C.Cc1ccc(COP(=O)(COCCn2cnc3c(=O)[nH]c(N)nc32)OCOC(=O)OC(C)C)cc1F.Cc1ccc(OC(=O)OCOP(=O)(COCCn2cnc3c(=O)[nH]c(N)nc32)OCc2cccc(Br)c2)cc1. The smallest absolute Gasteiger partial charge is 0.496 e. The van der Waals surface area contributed by atoms with Gasteiger partial charge in [-0.15, -0.1) is 0 Å². The van der Waals surface area contributed by atoms with Crippen molar-refractivity contribution in [1.29, 1.82) is 0 Å². The Morgan fingerprint density at radius 2 is 0.693 bits per heavy atom. The molecule has 0 amide bonds. The number of H-pyrrole nitrogens is 4. The summed E-state index contributed by atoms with van der Waals surface area (Å²) < 4.78 is 197. The Bertz CT molecular complexity index is 7470. The summed E-state index contributed by atoms with van der Waals surface area (Å²) in [4.78, 5) is 136. The van der Waals surface area contributed by atoms with Crippen molar-refractivity contribution in [2.45, 2.75) is 100 Å². The van der Waals surface area contributed by atoms with Gasteiger partial charge in [0.15, 0.2) is 44.7 Å². The minimum Gasteiger partial charge on any atom is -0.496 e. The fourth-order valence-electron chi connectivity index (χ4n) is 12.4. The number of methoxy groups -OCH3 is 2. The van der Waals surface area contributed by atoms with Gasteiger partial charge in [-0.2, -0.15) is 19.9 Å². The zero-order valence-electron chi connectivity index (χ0n) is 81.1. The average Bonchev–Trinajstić information content (AvgIpc) is 1.67. The second-order valence-corrected chi connectivity index (χ2v) is 41.3. The number of benzene rings is 6. The molecule has 0 saturated heterocycles. The molecular formula is C89H102Br2F2N20O33P4. The van der Waals surface area contributed by atoms with Crippen molar-refractivity contribution in [1.82, 2.24) is 78.1 Å². The summed E-state index contributed by atoms with van der Waals surface area (Å²) in [5.74, 6) is -0.0998. The van der Waals surface area contributed by atoms with Crippen molar-refractivity contribution >= 4 is 155 Å². The third-order valence-corrected chi connectivity index (χ3v) is 26.9. The molecule has 804 valence electrons. The van der Waals surface area contributed by atoms with E-state index < -0.39 is 148 Å². The van der Waals surface area contributed by atoms with E-state index in [9.17, 15) is 65.4 Å². The van der Waals surface area contributed by atoms with Crippen LogP contribution < -0.4 is 59.4 Å². The highest BCUT2D eigenvalue weighted by Gasteiger charge is 2.33. The molecule has 0 saturated carbocycles. The molecule has 8 aromatic heterocycles. The first kappa shape index (κ1) is 116. The van der Waals surface area contributed by atoms with Gasteiger partial charge in [0.25, 0.3) is 22.2 Å². The lowest BCUT2D eigenvalue weighted by Gasteiger charge is -2.19. The monoisotopic (exact) mass is 2300 g/mol. The van der Waals surface area contributed by atoms with E-state index in [1.807, 2.05) is 26.0 Å². The van der Waals surface area contributed by atoms with Gasteiger partial charge in [0, 0.05) is 41.2 Å². The maximum absolute atomic E-state index is 13.8. The number of nitrogens with two attached hydrogens (primary N) is 4. The van der Waals surface area contributed by atoms with Crippen molar-refractivity contribution in [3.8, 4) is 17.2 Å². The number of aromatic amines is 4. The van der Waals surface area contributed by atoms with Crippen LogP contribution in [0.1, 0.15) is 58.4 Å². The van der Waals surface area contributed by atoms with Crippen molar-refractivity contribution in [3.63, 3.8) is 0 Å². The molecule has 4 unspecified atom stereocenters. The summed E-state index contributed by atoms with van der Waals surface area (Å²) in [7, 11) is -13.1. The highest BCUT2D eigenvalue weighted by molar-refractivity contribution is 9.10. The standard InChI is InChI=1S/C25H27BrN5O9P.C24H25BrN5O8P.C21H27FN5O8P.C19H23FN5O8P/c1-16-6-7-19(11-20(16)35-2)40-25(33)37-14-39-41(34,38-12-17-4-3-5-18(26)10-17)15-36-9-8-31-13-28-21-22(31)29-24(27)30-23(21)32;1-16-5-7-19(8-6-16)38-24(32)35-14-37-39(33,36-12-17-3-2-4-18(25)11-17)15-34-10-9-30-13-27-20-21(30)28-23(26)29-22(20)31;1-13(2)35-21(29)32-11-34-36(30,33-9-15-5-4-14(3)16(22)8-15)12-31-7-6-27-10-24-17-18(27)25-20(23)26-19(17)28;1-12-3-4-13(7-14(12)20)8-32-34(28,33-10-31-19(27)29-2)11-30-6-5-25-9-22-15-16(25)23-18(21)24-17(15)26/h3-7,10-11,13H,8-9,12,14-15H2,1-2H3,(H3,27,29,30,32);2-8,11,13H,9-10,12,14-15H2,1H3,(H3,26,28,29,31);4-5,8,10,13H,6-7,9,11-12H2,1-3H3,(H3,23,25,26,28);3-4,7,9H,5-6,8,10-11H2,1-2H3,(H3,21,23,24,26). The number of imidazole rings is 4. The van der Waals surface area contributed by atoms with E-state index in [0.717, 1.165) is 38.3 Å². The van der Waals surface area contributed by atoms with Crippen molar-refractivity contribution < 1.29 is 144 Å². The van der Waals surface area contributed by atoms with Gasteiger partial charge in [-0.05, 0) is 135 Å². The van der Waals surface area contributed by atoms with Crippen LogP contribution in [-0.2, 0) is 154 Å². The Morgan fingerprint density at radius 3 is 1.01 bits per heavy atom. The van der Waals surface area contributed by atoms with Crippen LogP contribution in [0.3, 0.4) is 0 Å². The zero-order valence-corrected chi connectivity index (χ0v) is 87.9. The molecule has 6 aromatic carbocycles. The number of hydrogen-bond acceptors (Lipinski definition) is 45. The number of aryl methyl sites for hydroxylation is 4. The molecule has 14 aromatic rings. The van der Waals surface area contributed by atoms with E-state index in [1.165, 1.54) is 59.8 Å². The van der Waals surface area contributed by atoms with Crippen LogP contribution in [0.2, 0.25) is 0 Å². The van der Waals surface area contributed by atoms with Gasteiger partial charge in [-0.3, -0.25) is 75.5 Å². The molecule has 0 aliphatic heterocycles. The van der Waals surface area contributed by atoms with E-state index in [0.29, 0.717) is 28.0 Å². The van der Waals surface area contributed by atoms with E-state index in [4.69, 9.17) is 111 Å². The van der Waals surface area contributed by atoms with Crippen molar-refractivity contribution in [3.05, 3.63) is 259 Å².